The van der Waals surface area contributed by atoms with Crippen LogP contribution < -0.4 is 0 Å². The normalized spacial score (nSPS) is 22.5. The van der Waals surface area contributed by atoms with E-state index >= 15 is 0 Å². The van der Waals surface area contributed by atoms with E-state index in [1.807, 2.05) is 0 Å². The number of Topliss-reactive ketones (excluding diaryl/α,β-unsaturated/α-hetero) is 1. The molecule has 10 nitrogen and oxygen atoms in total. The van der Waals surface area contributed by atoms with Crippen LogP contribution in [0.4, 0.5) is 5.69 Å². The van der Waals surface area contributed by atoms with E-state index in [0.29, 0.717) is 0 Å². The first-order valence-corrected chi connectivity index (χ1v) is 7.26. The van der Waals surface area contributed by atoms with Crippen molar-refractivity contribution < 1.29 is 30.0 Å². The molecular weight excluding hydrogens is 348 g/mol. The lowest BCUT2D eigenvalue weighted by molar-refractivity contribution is -0.118. The lowest BCUT2D eigenvalue weighted by atomic mass is 9.80. The molecule has 2 aliphatic rings. The van der Waals surface area contributed by atoms with Gasteiger partial charge in [-0.15, -0.1) is 9.81 Å². The molecule has 1 atom stereocenters. The van der Waals surface area contributed by atoms with Crippen LogP contribution >= 0.6 is 0 Å². The first-order valence-electron chi connectivity index (χ1n) is 7.26. The number of hydrogen-bond donors (Lipinski definition) is 4. The molecule has 3 rings (SSSR count). The minimum absolute atomic E-state index is 0.115. The predicted octanol–water partition coefficient (Wildman–Crippen LogP) is 2.95. The third kappa shape index (κ3) is 2.39. The third-order valence-electron chi connectivity index (χ3n) is 4.12. The number of aromatic hydroxyl groups is 2. The summed E-state index contributed by atoms with van der Waals surface area (Å²) in [4.78, 5) is 34.3. The number of rotatable bonds is 3. The number of carbonyl (C=O) groups is 1. The quantitative estimate of drug-likeness (QED) is 0.471. The maximum atomic E-state index is 12.6. The van der Waals surface area contributed by atoms with Gasteiger partial charge in [0.1, 0.15) is 11.3 Å². The average molecular weight is 360 g/mol. The first-order chi connectivity index (χ1) is 12.2. The number of benzene rings is 1. The topological polar surface area (TPSA) is 166 Å². The summed E-state index contributed by atoms with van der Waals surface area (Å²) >= 11 is 0. The molecule has 0 fully saturated rings. The fraction of sp³-hybridized carbons (Fsp3) is 0.188. The van der Waals surface area contributed by atoms with Crippen LogP contribution in [0.15, 0.2) is 51.4 Å². The number of fused-ring (bicyclic) bond motifs is 1. The van der Waals surface area contributed by atoms with Crippen molar-refractivity contribution in [3.05, 3.63) is 56.4 Å². The van der Waals surface area contributed by atoms with Crippen molar-refractivity contribution in [1.82, 2.24) is 0 Å². The van der Waals surface area contributed by atoms with Gasteiger partial charge < -0.3 is 25.2 Å². The van der Waals surface area contributed by atoms with Crippen LogP contribution in [0.2, 0.25) is 0 Å². The highest BCUT2D eigenvalue weighted by Crippen LogP contribution is 2.47. The van der Waals surface area contributed by atoms with Gasteiger partial charge in [-0.05, 0) is 29.4 Å². The highest BCUT2D eigenvalue weighted by Gasteiger charge is 2.48. The van der Waals surface area contributed by atoms with Crippen LogP contribution in [-0.4, -0.2) is 31.8 Å². The van der Waals surface area contributed by atoms with Crippen molar-refractivity contribution in [1.29, 1.82) is 0 Å². The molecule has 1 unspecified atom stereocenters. The zero-order valence-corrected chi connectivity index (χ0v) is 13.3. The monoisotopic (exact) mass is 360 g/mol. The van der Waals surface area contributed by atoms with E-state index < -0.39 is 40.1 Å². The largest absolute Gasteiger partial charge is 0.512 e. The zero-order valence-electron chi connectivity index (χ0n) is 13.3. The first kappa shape index (κ1) is 17.1. The Labute approximate surface area is 145 Å². The SMILES string of the molecule is CC12CC(O)=CC(N=O)=C1C(=O)C(O)=C(c1cc(O)c(O)c(N=O)c1)O2. The van der Waals surface area contributed by atoms with Gasteiger partial charge in [0, 0.05) is 18.1 Å². The lowest BCUT2D eigenvalue weighted by Gasteiger charge is -2.38. The molecule has 0 saturated carbocycles. The van der Waals surface area contributed by atoms with Crippen molar-refractivity contribution in [2.75, 3.05) is 0 Å². The maximum Gasteiger partial charge on any atom is 0.233 e. The van der Waals surface area contributed by atoms with Gasteiger partial charge in [0.15, 0.2) is 22.9 Å². The summed E-state index contributed by atoms with van der Waals surface area (Å²) in [5, 5.41) is 44.6. The fourth-order valence-electron chi connectivity index (χ4n) is 3.00. The Morgan fingerprint density at radius 3 is 2.42 bits per heavy atom. The number of hydrogen-bond acceptors (Lipinski definition) is 10. The standard InChI is InChI=1S/C16H12N2O8/c1-16-5-7(19)4-8(17-24)11(16)13(22)14(23)15(26-16)6-2-9(18-25)12(21)10(20)3-6/h2-4,19-21,23H,5H2,1H3. The Morgan fingerprint density at radius 2 is 1.81 bits per heavy atom. The molecule has 1 heterocycles. The van der Waals surface area contributed by atoms with Crippen molar-refractivity contribution in [3.63, 3.8) is 0 Å². The molecular formula is C16H12N2O8. The van der Waals surface area contributed by atoms with Crippen LogP contribution in [0.25, 0.3) is 5.76 Å². The van der Waals surface area contributed by atoms with Crippen molar-refractivity contribution in [2.24, 2.45) is 10.4 Å². The van der Waals surface area contributed by atoms with E-state index in [9.17, 15) is 35.0 Å². The van der Waals surface area contributed by atoms with Crippen molar-refractivity contribution >= 4 is 17.2 Å². The number of ketones is 1. The second kappa shape index (κ2) is 5.69. The molecule has 0 bridgehead atoms. The fourth-order valence-corrected chi connectivity index (χ4v) is 3.00. The highest BCUT2D eigenvalue weighted by atomic mass is 16.5. The van der Waals surface area contributed by atoms with E-state index in [4.69, 9.17) is 4.74 Å². The highest BCUT2D eigenvalue weighted by molar-refractivity contribution is 6.14. The molecule has 134 valence electrons. The summed E-state index contributed by atoms with van der Waals surface area (Å²) in [6.07, 6.45) is 0.817. The molecule has 0 spiro atoms. The van der Waals surface area contributed by atoms with Crippen LogP contribution in [0, 0.1) is 9.81 Å². The van der Waals surface area contributed by atoms with E-state index in [1.54, 1.807) is 0 Å². The molecule has 4 N–H and O–H groups in total. The van der Waals surface area contributed by atoms with Crippen LogP contribution in [0.1, 0.15) is 18.9 Å². The molecule has 1 aromatic rings. The third-order valence-corrected chi connectivity index (χ3v) is 4.12. The number of phenols is 2. The molecule has 1 aliphatic heterocycles. The summed E-state index contributed by atoms with van der Waals surface area (Å²) < 4.78 is 5.66. The van der Waals surface area contributed by atoms with E-state index in [2.05, 4.69) is 10.4 Å². The number of aliphatic hydroxyl groups excluding tert-OH is 2. The van der Waals surface area contributed by atoms with E-state index in [1.165, 1.54) is 6.92 Å². The Hall–Kier alpha value is -3.69. The summed E-state index contributed by atoms with van der Waals surface area (Å²) in [6, 6.07) is 1.95. The Bertz CT molecular complexity index is 959. The smallest absolute Gasteiger partial charge is 0.233 e. The summed E-state index contributed by atoms with van der Waals surface area (Å²) in [5.41, 5.74) is -2.79. The Balaban J connectivity index is 2.23. The van der Waals surface area contributed by atoms with Gasteiger partial charge in [-0.3, -0.25) is 4.79 Å². The van der Waals surface area contributed by atoms with Gasteiger partial charge in [0.25, 0.3) is 0 Å². The summed E-state index contributed by atoms with van der Waals surface area (Å²) in [5.74, 6) is -4.02. The van der Waals surface area contributed by atoms with Gasteiger partial charge in [0.05, 0.1) is 11.3 Å². The Kier molecular flexibility index (Phi) is 3.75. The number of phenolic OH excluding ortho intramolecular Hbond substituents is 2. The van der Waals surface area contributed by atoms with Crippen LogP contribution in [0.5, 0.6) is 11.5 Å². The van der Waals surface area contributed by atoms with Gasteiger partial charge in [0.2, 0.25) is 11.5 Å². The van der Waals surface area contributed by atoms with Gasteiger partial charge >= 0.3 is 0 Å². The second-order valence-electron chi connectivity index (χ2n) is 5.96. The number of carbonyl (C=O) groups excluding carboxylic acids is 1. The lowest BCUT2D eigenvalue weighted by Crippen LogP contribution is -2.42. The van der Waals surface area contributed by atoms with Crippen LogP contribution in [0.3, 0.4) is 0 Å². The Morgan fingerprint density at radius 1 is 1.12 bits per heavy atom. The van der Waals surface area contributed by atoms with Crippen molar-refractivity contribution in [2.45, 2.75) is 18.9 Å². The van der Waals surface area contributed by atoms with E-state index in [0.717, 1.165) is 18.2 Å². The van der Waals surface area contributed by atoms with E-state index in [-0.39, 0.29) is 29.0 Å². The van der Waals surface area contributed by atoms with Gasteiger partial charge in [-0.2, -0.15) is 0 Å². The maximum absolute atomic E-state index is 12.6. The molecule has 0 amide bonds. The molecule has 0 radical (unpaired) electrons. The number of ether oxygens (including phenoxy) is 1. The number of nitrogens with zero attached hydrogens (tertiary/aromatic N) is 2. The molecule has 1 aliphatic carbocycles. The minimum Gasteiger partial charge on any atom is -0.512 e. The number of allylic oxidation sites excluding steroid dienone is 2. The predicted molar refractivity (Wildman–Crippen MR) is 87.4 cm³/mol. The molecule has 1 aromatic carbocycles. The second-order valence-corrected chi connectivity index (χ2v) is 5.96. The molecule has 0 saturated heterocycles. The van der Waals surface area contributed by atoms with Gasteiger partial charge in [-0.1, -0.05) is 0 Å². The number of nitroso groups, excluding NO2 is 2. The minimum atomic E-state index is -1.52. The summed E-state index contributed by atoms with van der Waals surface area (Å²) in [6.45, 7) is 1.40. The van der Waals surface area contributed by atoms with Crippen molar-refractivity contribution in [3.8, 4) is 11.5 Å². The number of aliphatic hydroxyl groups is 2. The molecule has 26 heavy (non-hydrogen) atoms. The zero-order chi connectivity index (χ0) is 19.2. The molecule has 0 aromatic heterocycles. The average Bonchev–Trinajstić information content (AvgIpc) is 2.59. The summed E-state index contributed by atoms with van der Waals surface area (Å²) in [7, 11) is 0. The molecule has 10 heteroatoms. The van der Waals surface area contributed by atoms with Gasteiger partial charge in [-0.25, -0.2) is 0 Å². The van der Waals surface area contributed by atoms with Crippen LogP contribution in [-0.2, 0) is 9.53 Å².